The van der Waals surface area contributed by atoms with Gasteiger partial charge in [0.05, 0.1) is 5.54 Å². The lowest BCUT2D eigenvalue weighted by molar-refractivity contribution is -0.0890. The molecule has 0 bridgehead atoms. The van der Waals surface area contributed by atoms with E-state index >= 15 is 0 Å². The standard InChI is InChI=1S/C12H18N2O/c1-11(2)12(15,14-9-8-13-11)10-6-4-3-5-7-10/h3-7,13-15H,8-9H2,1-2H3. The van der Waals surface area contributed by atoms with Gasteiger partial charge in [0.2, 0.25) is 0 Å². The van der Waals surface area contributed by atoms with Gasteiger partial charge < -0.3 is 10.4 Å². The van der Waals surface area contributed by atoms with Crippen molar-refractivity contribution in [1.29, 1.82) is 0 Å². The molecule has 15 heavy (non-hydrogen) atoms. The highest BCUT2D eigenvalue weighted by molar-refractivity contribution is 5.26. The first-order valence-electron chi connectivity index (χ1n) is 5.34. The summed E-state index contributed by atoms with van der Waals surface area (Å²) in [7, 11) is 0. The lowest BCUT2D eigenvalue weighted by Crippen LogP contribution is -2.69. The highest BCUT2D eigenvalue weighted by Gasteiger charge is 2.46. The molecule has 1 heterocycles. The summed E-state index contributed by atoms with van der Waals surface area (Å²) in [6.07, 6.45) is 0. The molecule has 2 rings (SSSR count). The van der Waals surface area contributed by atoms with E-state index in [0.29, 0.717) is 0 Å². The lowest BCUT2D eigenvalue weighted by atomic mass is 9.83. The molecule has 1 fully saturated rings. The van der Waals surface area contributed by atoms with E-state index < -0.39 is 5.72 Å². The van der Waals surface area contributed by atoms with Crippen LogP contribution in [-0.4, -0.2) is 23.7 Å². The van der Waals surface area contributed by atoms with Crippen molar-refractivity contribution in [1.82, 2.24) is 10.6 Å². The highest BCUT2D eigenvalue weighted by atomic mass is 16.3. The van der Waals surface area contributed by atoms with E-state index in [0.717, 1.165) is 18.7 Å². The molecular weight excluding hydrogens is 188 g/mol. The Bertz CT molecular complexity index is 337. The minimum absolute atomic E-state index is 0.368. The van der Waals surface area contributed by atoms with Crippen molar-refractivity contribution in [3.05, 3.63) is 35.9 Å². The molecule has 1 unspecified atom stereocenters. The summed E-state index contributed by atoms with van der Waals surface area (Å²) in [4.78, 5) is 0. The van der Waals surface area contributed by atoms with Crippen LogP contribution in [0.15, 0.2) is 30.3 Å². The maximum Gasteiger partial charge on any atom is 0.160 e. The molecule has 0 aromatic heterocycles. The third-order valence-electron chi connectivity index (χ3n) is 3.17. The van der Waals surface area contributed by atoms with E-state index in [4.69, 9.17) is 0 Å². The summed E-state index contributed by atoms with van der Waals surface area (Å²) in [6, 6.07) is 9.74. The molecule has 1 aromatic carbocycles. The SMILES string of the molecule is CC1(C)NCCNC1(O)c1ccccc1. The van der Waals surface area contributed by atoms with Crippen LogP contribution in [0.2, 0.25) is 0 Å². The molecule has 3 N–H and O–H groups in total. The number of hydrogen-bond donors (Lipinski definition) is 3. The molecule has 3 nitrogen and oxygen atoms in total. The van der Waals surface area contributed by atoms with Crippen molar-refractivity contribution < 1.29 is 5.11 Å². The first kappa shape index (κ1) is 10.6. The predicted octanol–water partition coefficient (Wildman–Crippen LogP) is 0.803. The molecule has 1 atom stereocenters. The second kappa shape index (κ2) is 3.59. The second-order valence-corrected chi connectivity index (χ2v) is 4.55. The normalized spacial score (nSPS) is 30.1. The zero-order valence-electron chi connectivity index (χ0n) is 9.25. The number of aliphatic hydroxyl groups is 1. The molecule has 1 aromatic rings. The Kier molecular flexibility index (Phi) is 2.54. The summed E-state index contributed by atoms with van der Waals surface area (Å²) in [6.45, 7) is 5.66. The molecule has 0 saturated carbocycles. The van der Waals surface area contributed by atoms with Crippen LogP contribution in [0.1, 0.15) is 19.4 Å². The van der Waals surface area contributed by atoms with Crippen LogP contribution in [0.5, 0.6) is 0 Å². The zero-order chi connectivity index (χ0) is 10.9. The van der Waals surface area contributed by atoms with Crippen molar-refractivity contribution in [3.63, 3.8) is 0 Å². The van der Waals surface area contributed by atoms with Crippen LogP contribution in [0.25, 0.3) is 0 Å². The van der Waals surface area contributed by atoms with Crippen molar-refractivity contribution in [2.45, 2.75) is 25.1 Å². The summed E-state index contributed by atoms with van der Waals surface area (Å²) in [5, 5.41) is 17.2. The van der Waals surface area contributed by atoms with Crippen molar-refractivity contribution in [2.75, 3.05) is 13.1 Å². The first-order valence-corrected chi connectivity index (χ1v) is 5.34. The average Bonchev–Trinajstić information content (AvgIpc) is 2.24. The summed E-state index contributed by atoms with van der Waals surface area (Å²) in [5.41, 5.74) is -0.457. The van der Waals surface area contributed by atoms with E-state index in [1.54, 1.807) is 0 Å². The van der Waals surface area contributed by atoms with Crippen LogP contribution in [0.3, 0.4) is 0 Å². The third kappa shape index (κ3) is 1.67. The molecule has 82 valence electrons. The van der Waals surface area contributed by atoms with Gasteiger partial charge in [0.1, 0.15) is 0 Å². The van der Waals surface area contributed by atoms with Crippen LogP contribution in [-0.2, 0) is 5.72 Å². The van der Waals surface area contributed by atoms with E-state index in [2.05, 4.69) is 10.6 Å². The molecule has 1 saturated heterocycles. The number of rotatable bonds is 1. The van der Waals surface area contributed by atoms with E-state index in [1.165, 1.54) is 0 Å². The number of benzene rings is 1. The zero-order valence-corrected chi connectivity index (χ0v) is 9.25. The van der Waals surface area contributed by atoms with Crippen molar-refractivity contribution in [3.8, 4) is 0 Å². The minimum Gasteiger partial charge on any atom is -0.370 e. The minimum atomic E-state index is -0.994. The topological polar surface area (TPSA) is 44.3 Å². The summed E-state index contributed by atoms with van der Waals surface area (Å²) < 4.78 is 0. The number of hydrogen-bond acceptors (Lipinski definition) is 3. The van der Waals surface area contributed by atoms with E-state index in [9.17, 15) is 5.11 Å². The fraction of sp³-hybridized carbons (Fsp3) is 0.500. The van der Waals surface area contributed by atoms with Gasteiger partial charge in [-0.05, 0) is 13.8 Å². The quantitative estimate of drug-likeness (QED) is 0.637. The van der Waals surface area contributed by atoms with Gasteiger partial charge in [-0.15, -0.1) is 0 Å². The fourth-order valence-corrected chi connectivity index (χ4v) is 2.11. The number of nitrogens with one attached hydrogen (secondary N) is 2. The molecule has 0 radical (unpaired) electrons. The smallest absolute Gasteiger partial charge is 0.160 e. The van der Waals surface area contributed by atoms with Crippen LogP contribution in [0, 0.1) is 0 Å². The van der Waals surface area contributed by atoms with Crippen molar-refractivity contribution >= 4 is 0 Å². The third-order valence-corrected chi connectivity index (χ3v) is 3.17. The second-order valence-electron chi connectivity index (χ2n) is 4.55. The molecule has 1 aliphatic rings. The van der Waals surface area contributed by atoms with Gasteiger partial charge >= 0.3 is 0 Å². The van der Waals surface area contributed by atoms with Gasteiger partial charge in [0.15, 0.2) is 5.72 Å². The molecule has 0 spiro atoms. The molecule has 0 aliphatic carbocycles. The largest absolute Gasteiger partial charge is 0.370 e. The van der Waals surface area contributed by atoms with E-state index in [-0.39, 0.29) is 5.54 Å². The van der Waals surface area contributed by atoms with Crippen LogP contribution in [0.4, 0.5) is 0 Å². The molecule has 3 heteroatoms. The van der Waals surface area contributed by atoms with Gasteiger partial charge in [-0.25, -0.2) is 0 Å². The summed E-state index contributed by atoms with van der Waals surface area (Å²) >= 11 is 0. The Balaban J connectivity index is 2.40. The molecule has 0 amide bonds. The fourth-order valence-electron chi connectivity index (χ4n) is 2.11. The van der Waals surface area contributed by atoms with Gasteiger partial charge in [-0.1, -0.05) is 30.3 Å². The highest BCUT2D eigenvalue weighted by Crippen LogP contribution is 2.31. The van der Waals surface area contributed by atoms with Crippen LogP contribution >= 0.6 is 0 Å². The lowest BCUT2D eigenvalue weighted by Gasteiger charge is -2.47. The maximum atomic E-state index is 10.7. The average molecular weight is 206 g/mol. The number of piperazine rings is 1. The summed E-state index contributed by atoms with van der Waals surface area (Å²) in [5.74, 6) is 0. The Hall–Kier alpha value is -0.900. The first-order chi connectivity index (χ1) is 7.06. The van der Waals surface area contributed by atoms with Gasteiger partial charge in [-0.3, -0.25) is 5.32 Å². The van der Waals surface area contributed by atoms with Crippen LogP contribution < -0.4 is 10.6 Å². The Labute approximate surface area is 90.5 Å². The molecular formula is C12H18N2O. The Morgan fingerprint density at radius 3 is 2.27 bits per heavy atom. The van der Waals surface area contributed by atoms with Gasteiger partial charge in [0, 0.05) is 18.7 Å². The maximum absolute atomic E-state index is 10.7. The molecule has 1 aliphatic heterocycles. The van der Waals surface area contributed by atoms with E-state index in [1.807, 2.05) is 44.2 Å². The Morgan fingerprint density at radius 2 is 1.67 bits per heavy atom. The Morgan fingerprint density at radius 1 is 1.07 bits per heavy atom. The predicted molar refractivity (Wildman–Crippen MR) is 60.4 cm³/mol. The van der Waals surface area contributed by atoms with Crippen molar-refractivity contribution in [2.24, 2.45) is 0 Å². The van der Waals surface area contributed by atoms with Gasteiger partial charge in [-0.2, -0.15) is 0 Å². The monoisotopic (exact) mass is 206 g/mol. The van der Waals surface area contributed by atoms with Gasteiger partial charge in [0.25, 0.3) is 0 Å².